The summed E-state index contributed by atoms with van der Waals surface area (Å²) in [6.45, 7) is 13.1. The first kappa shape index (κ1) is 23.7. The predicted octanol–water partition coefficient (Wildman–Crippen LogP) is 4.93. The summed E-state index contributed by atoms with van der Waals surface area (Å²) < 4.78 is 0. The number of allylic oxidation sites excluding steroid dienone is 3. The molecular formula is C24H31ClN4O. The zero-order chi connectivity index (χ0) is 22.1. The number of halogens is 1. The standard InChI is InChI=1S/C24H31ClN4O/c1-6-8-9-20(15-26-18(4)21-10-11-29(7-2)27-16-21)13-22-14-23(12-17(3)30)28-19(5)24(22)25/h6,9-10,14-16,18H,1,7-8,11-13H2,2-5H3/b20-9-,26-15?. The SMILES string of the molecule is C=CC/C=C(\C=NC(C)C1=CCN(CC)N=C1)Cc1cc(CC(C)=O)nc(C)c1Cl. The Balaban J connectivity index is 2.21. The average Bonchev–Trinajstić information content (AvgIpc) is 2.72. The van der Waals surface area contributed by atoms with Crippen LogP contribution in [0.15, 0.2) is 52.1 Å². The minimum absolute atomic E-state index is 0.0165. The first-order chi connectivity index (χ1) is 14.3. The Morgan fingerprint density at radius 3 is 2.80 bits per heavy atom. The zero-order valence-electron chi connectivity index (χ0n) is 18.4. The third kappa shape index (κ3) is 7.06. The summed E-state index contributed by atoms with van der Waals surface area (Å²) in [6, 6.07) is 1.94. The van der Waals surface area contributed by atoms with E-state index < -0.39 is 0 Å². The summed E-state index contributed by atoms with van der Waals surface area (Å²) in [6.07, 6.45) is 11.6. The molecule has 1 aliphatic heterocycles. The summed E-state index contributed by atoms with van der Waals surface area (Å²) in [5.41, 5.74) is 4.60. The molecule has 5 nitrogen and oxygen atoms in total. The van der Waals surface area contributed by atoms with E-state index in [1.54, 1.807) is 6.92 Å². The second-order valence-corrected chi connectivity index (χ2v) is 7.82. The lowest BCUT2D eigenvalue weighted by Gasteiger charge is -2.20. The van der Waals surface area contributed by atoms with E-state index in [4.69, 9.17) is 16.6 Å². The molecule has 0 N–H and O–H groups in total. The summed E-state index contributed by atoms with van der Waals surface area (Å²) >= 11 is 6.52. The van der Waals surface area contributed by atoms with Crippen LogP contribution in [0.25, 0.3) is 0 Å². The van der Waals surface area contributed by atoms with Crippen molar-refractivity contribution >= 4 is 29.8 Å². The van der Waals surface area contributed by atoms with Gasteiger partial charge in [-0.1, -0.05) is 29.8 Å². The molecule has 30 heavy (non-hydrogen) atoms. The van der Waals surface area contributed by atoms with Gasteiger partial charge in [0.15, 0.2) is 0 Å². The maximum Gasteiger partial charge on any atom is 0.135 e. The summed E-state index contributed by atoms with van der Waals surface area (Å²) in [5, 5.41) is 7.07. The molecule has 6 heteroatoms. The van der Waals surface area contributed by atoms with Crippen LogP contribution < -0.4 is 0 Å². The van der Waals surface area contributed by atoms with Crippen LogP contribution in [-0.2, 0) is 17.6 Å². The quantitative estimate of drug-likeness (QED) is 0.393. The van der Waals surface area contributed by atoms with E-state index in [9.17, 15) is 4.79 Å². The fourth-order valence-corrected chi connectivity index (χ4v) is 3.30. The number of pyridine rings is 1. The van der Waals surface area contributed by atoms with Crippen molar-refractivity contribution in [1.29, 1.82) is 0 Å². The van der Waals surface area contributed by atoms with Crippen LogP contribution in [0.3, 0.4) is 0 Å². The Bertz CT molecular complexity index is 899. The van der Waals surface area contributed by atoms with E-state index in [0.717, 1.165) is 47.6 Å². The normalized spacial score (nSPS) is 15.4. The minimum Gasteiger partial charge on any atom is -0.300 e. The Morgan fingerprint density at radius 1 is 1.43 bits per heavy atom. The van der Waals surface area contributed by atoms with Crippen molar-refractivity contribution in [3.05, 3.63) is 64.0 Å². The topological polar surface area (TPSA) is 57.9 Å². The third-order valence-electron chi connectivity index (χ3n) is 4.84. The highest BCUT2D eigenvalue weighted by molar-refractivity contribution is 6.32. The predicted molar refractivity (Wildman–Crippen MR) is 127 cm³/mol. The molecule has 0 fully saturated rings. The van der Waals surface area contributed by atoms with Crippen LogP contribution in [0.2, 0.25) is 5.02 Å². The molecular weight excluding hydrogens is 396 g/mol. The van der Waals surface area contributed by atoms with Crippen LogP contribution in [0.1, 0.15) is 44.1 Å². The molecule has 1 aliphatic rings. The monoisotopic (exact) mass is 426 g/mol. The smallest absolute Gasteiger partial charge is 0.135 e. The Kier molecular flexibility index (Phi) is 9.18. The van der Waals surface area contributed by atoms with Gasteiger partial charge < -0.3 is 0 Å². The van der Waals surface area contributed by atoms with Gasteiger partial charge in [0.2, 0.25) is 0 Å². The molecule has 2 rings (SSSR count). The number of nitrogens with zero attached hydrogens (tertiary/aromatic N) is 4. The van der Waals surface area contributed by atoms with E-state index in [1.807, 2.05) is 36.5 Å². The fraction of sp³-hybridized carbons (Fsp3) is 0.417. The van der Waals surface area contributed by atoms with E-state index in [0.29, 0.717) is 17.9 Å². The van der Waals surface area contributed by atoms with E-state index >= 15 is 0 Å². The van der Waals surface area contributed by atoms with Crippen LogP contribution in [0.5, 0.6) is 0 Å². The summed E-state index contributed by atoms with van der Waals surface area (Å²) in [7, 11) is 0. The highest BCUT2D eigenvalue weighted by atomic mass is 35.5. The fourth-order valence-electron chi connectivity index (χ4n) is 3.13. The van der Waals surface area contributed by atoms with Gasteiger partial charge in [-0.3, -0.25) is 19.8 Å². The highest BCUT2D eigenvalue weighted by Crippen LogP contribution is 2.23. The van der Waals surface area contributed by atoms with Crippen LogP contribution in [0.4, 0.5) is 0 Å². The molecule has 1 atom stereocenters. The van der Waals surface area contributed by atoms with Gasteiger partial charge in [-0.15, -0.1) is 6.58 Å². The lowest BCUT2D eigenvalue weighted by atomic mass is 10.0. The van der Waals surface area contributed by atoms with Crippen molar-refractivity contribution in [3.63, 3.8) is 0 Å². The van der Waals surface area contributed by atoms with Crippen molar-refractivity contribution < 1.29 is 4.79 Å². The van der Waals surface area contributed by atoms with Gasteiger partial charge in [0.25, 0.3) is 0 Å². The number of aliphatic imine (C=N–C) groups is 1. The molecule has 0 amide bonds. The molecule has 1 aromatic rings. The molecule has 0 spiro atoms. The largest absolute Gasteiger partial charge is 0.300 e. The molecule has 1 aromatic heterocycles. The Hall–Kier alpha value is -2.53. The molecule has 0 saturated heterocycles. The van der Waals surface area contributed by atoms with Crippen molar-refractivity contribution in [2.24, 2.45) is 10.1 Å². The number of Topliss-reactive ketones (excluding diaryl/α,β-unsaturated/α-hetero) is 1. The number of rotatable bonds is 10. The maximum atomic E-state index is 11.5. The Morgan fingerprint density at radius 2 is 2.20 bits per heavy atom. The van der Waals surface area contributed by atoms with Gasteiger partial charge in [0, 0.05) is 31.3 Å². The lowest BCUT2D eigenvalue weighted by molar-refractivity contribution is -0.116. The van der Waals surface area contributed by atoms with Crippen molar-refractivity contribution in [2.75, 3.05) is 13.1 Å². The van der Waals surface area contributed by atoms with Crippen LogP contribution in [0, 0.1) is 6.92 Å². The van der Waals surface area contributed by atoms with E-state index in [-0.39, 0.29) is 11.8 Å². The van der Waals surface area contributed by atoms with E-state index in [2.05, 4.69) is 42.7 Å². The first-order valence-electron chi connectivity index (χ1n) is 10.3. The second-order valence-electron chi connectivity index (χ2n) is 7.44. The van der Waals surface area contributed by atoms with Gasteiger partial charge in [0.1, 0.15) is 5.78 Å². The number of ketones is 1. The molecule has 1 unspecified atom stereocenters. The minimum atomic E-state index is 0.0165. The van der Waals surface area contributed by atoms with Gasteiger partial charge in [-0.05, 0) is 56.9 Å². The number of likely N-dealkylation sites (N-methyl/N-ethyl adjacent to an activating group) is 1. The van der Waals surface area contributed by atoms with Gasteiger partial charge in [-0.25, -0.2) is 0 Å². The van der Waals surface area contributed by atoms with Crippen molar-refractivity contribution in [3.8, 4) is 0 Å². The van der Waals surface area contributed by atoms with Crippen LogP contribution in [-0.4, -0.2) is 47.3 Å². The number of hydrazone groups is 1. The maximum absolute atomic E-state index is 11.5. The third-order valence-corrected chi connectivity index (χ3v) is 5.36. The van der Waals surface area contributed by atoms with Gasteiger partial charge in [0.05, 0.1) is 29.5 Å². The van der Waals surface area contributed by atoms with Crippen molar-refractivity contribution in [2.45, 2.75) is 53.0 Å². The van der Waals surface area contributed by atoms with Gasteiger partial charge in [-0.2, -0.15) is 5.10 Å². The molecule has 2 heterocycles. The number of carbonyl (C=O) groups is 1. The number of hydrogen-bond acceptors (Lipinski definition) is 5. The molecule has 0 aliphatic carbocycles. The average molecular weight is 427 g/mol. The van der Waals surface area contributed by atoms with Crippen molar-refractivity contribution in [1.82, 2.24) is 9.99 Å². The lowest BCUT2D eigenvalue weighted by Crippen LogP contribution is -2.23. The van der Waals surface area contributed by atoms with Gasteiger partial charge >= 0.3 is 0 Å². The van der Waals surface area contributed by atoms with Crippen LogP contribution >= 0.6 is 11.6 Å². The number of aryl methyl sites for hydroxylation is 1. The zero-order valence-corrected chi connectivity index (χ0v) is 19.1. The Labute approximate surface area is 184 Å². The highest BCUT2D eigenvalue weighted by Gasteiger charge is 2.12. The molecule has 0 radical (unpaired) electrons. The molecule has 0 aromatic carbocycles. The van der Waals surface area contributed by atoms with E-state index in [1.165, 1.54) is 0 Å². The molecule has 0 saturated carbocycles. The number of carbonyl (C=O) groups excluding carboxylic acids is 1. The molecule has 160 valence electrons. The second kappa shape index (κ2) is 11.6. The molecule has 0 bridgehead atoms. The number of aromatic nitrogens is 1. The summed E-state index contributed by atoms with van der Waals surface area (Å²) in [5.74, 6) is 0.0806. The first-order valence-corrected chi connectivity index (χ1v) is 10.7. The summed E-state index contributed by atoms with van der Waals surface area (Å²) in [4.78, 5) is 20.7. The number of hydrogen-bond donors (Lipinski definition) is 0.